The van der Waals surface area contributed by atoms with E-state index in [1.165, 1.54) is 0 Å². The predicted molar refractivity (Wildman–Crippen MR) is 102 cm³/mol. The summed E-state index contributed by atoms with van der Waals surface area (Å²) < 4.78 is 42.9. The Bertz CT molecular complexity index is 557. The molecule has 12 heteroatoms. The molecule has 0 rings (SSSR count). The second kappa shape index (κ2) is 10.2. The van der Waals surface area contributed by atoms with Crippen molar-refractivity contribution >= 4 is 15.5 Å². The average Bonchev–Trinajstić information content (AvgIpc) is 2.29. The van der Waals surface area contributed by atoms with E-state index in [-0.39, 0.29) is 12.8 Å². The summed E-state index contributed by atoms with van der Waals surface area (Å²) in [6.07, 6.45) is 0.897. The van der Waals surface area contributed by atoms with Gasteiger partial charge in [0.05, 0.1) is 35.9 Å². The lowest BCUT2D eigenvalue weighted by molar-refractivity contribution is 0.0608. The summed E-state index contributed by atoms with van der Waals surface area (Å²) in [4.78, 5) is 18.2. The first-order valence-electron chi connectivity index (χ1n) is 8.16. The van der Waals surface area contributed by atoms with Crippen LogP contribution in [0.3, 0.4) is 0 Å². The van der Waals surface area contributed by atoms with Crippen molar-refractivity contribution in [3.8, 4) is 0 Å². The summed E-state index contributed by atoms with van der Waals surface area (Å²) in [6.45, 7) is 14.5. The quantitative estimate of drug-likeness (QED) is 0.183. The number of hydrogen-bond acceptors (Lipinski definition) is 6. The molecule has 0 amide bonds. The van der Waals surface area contributed by atoms with Gasteiger partial charge in [0.25, 0.3) is 0 Å². The standard InChI is InChI=1S/C15H32N2O8P2/c1-12(10-14(3,4)24-26(16,18)19)22-8-7-9-23-13(2)11-15(5,6)25-27(17,20)21/h1-2,7-11H2,3-6H3,(H3,16,18,19)(H3,17,20,21). The van der Waals surface area contributed by atoms with E-state index in [1.54, 1.807) is 27.7 Å². The minimum Gasteiger partial charge on any atom is -0.498 e. The molecule has 0 aliphatic rings. The molecule has 0 heterocycles. The third kappa shape index (κ3) is 16.0. The molecule has 2 atom stereocenters. The average molecular weight is 430 g/mol. The third-order valence-corrected chi connectivity index (χ3v) is 4.41. The van der Waals surface area contributed by atoms with Gasteiger partial charge in [0.15, 0.2) is 0 Å². The molecule has 2 unspecified atom stereocenters. The third-order valence-electron chi connectivity index (χ3n) is 2.90. The van der Waals surface area contributed by atoms with E-state index >= 15 is 0 Å². The van der Waals surface area contributed by atoms with Gasteiger partial charge in [-0.25, -0.2) is 20.1 Å². The molecule has 10 nitrogen and oxygen atoms in total. The maximum absolute atomic E-state index is 11.1. The summed E-state index contributed by atoms with van der Waals surface area (Å²) in [7, 11) is -8.20. The summed E-state index contributed by atoms with van der Waals surface area (Å²) in [5, 5.41) is 0. The van der Waals surface area contributed by atoms with Crippen LogP contribution in [-0.2, 0) is 27.7 Å². The van der Waals surface area contributed by atoms with Gasteiger partial charge in [-0.2, -0.15) is 0 Å². The topological polar surface area (TPSA) is 164 Å². The first kappa shape index (κ1) is 26.3. The van der Waals surface area contributed by atoms with Gasteiger partial charge in [-0.05, 0) is 27.7 Å². The number of nitrogens with two attached hydrogens (primary N) is 2. The molecule has 0 aromatic carbocycles. The lowest BCUT2D eigenvalue weighted by Crippen LogP contribution is -2.26. The fraction of sp³-hybridized carbons (Fsp3) is 0.733. The minimum atomic E-state index is -4.10. The Morgan fingerprint density at radius 3 is 1.41 bits per heavy atom. The first-order valence-corrected chi connectivity index (χ1v) is 11.5. The van der Waals surface area contributed by atoms with Crippen molar-refractivity contribution in [2.75, 3.05) is 13.2 Å². The van der Waals surface area contributed by atoms with Gasteiger partial charge >= 0.3 is 15.5 Å². The van der Waals surface area contributed by atoms with Gasteiger partial charge in [-0.15, -0.1) is 0 Å². The van der Waals surface area contributed by atoms with Crippen molar-refractivity contribution in [3.63, 3.8) is 0 Å². The van der Waals surface area contributed by atoms with Gasteiger partial charge in [-0.1, -0.05) is 13.2 Å². The highest BCUT2D eigenvalue weighted by Gasteiger charge is 2.29. The summed E-state index contributed by atoms with van der Waals surface area (Å²) in [5.41, 5.74) is 7.99. The van der Waals surface area contributed by atoms with Crippen LogP contribution in [-0.4, -0.2) is 34.2 Å². The molecule has 0 saturated carbocycles. The molecule has 0 radical (unpaired) electrons. The first-order chi connectivity index (χ1) is 11.9. The van der Waals surface area contributed by atoms with Gasteiger partial charge in [0, 0.05) is 19.3 Å². The normalized spacial score (nSPS) is 16.9. The van der Waals surface area contributed by atoms with E-state index in [0.29, 0.717) is 31.2 Å². The smallest absolute Gasteiger partial charge is 0.400 e. The lowest BCUT2D eigenvalue weighted by Gasteiger charge is -2.27. The molecule has 160 valence electrons. The second-order valence-electron chi connectivity index (χ2n) is 7.31. The molecule has 0 fully saturated rings. The van der Waals surface area contributed by atoms with Crippen LogP contribution in [0.25, 0.3) is 0 Å². The Morgan fingerprint density at radius 1 is 0.852 bits per heavy atom. The number of hydrogen-bond donors (Lipinski definition) is 4. The van der Waals surface area contributed by atoms with E-state index in [0.717, 1.165) is 0 Å². The predicted octanol–water partition coefficient (Wildman–Crippen LogP) is 2.93. The monoisotopic (exact) mass is 430 g/mol. The Kier molecular flexibility index (Phi) is 9.92. The van der Waals surface area contributed by atoms with Crippen molar-refractivity contribution in [2.45, 2.75) is 58.2 Å². The molecule has 0 saturated heterocycles. The van der Waals surface area contributed by atoms with Crippen molar-refractivity contribution in [3.05, 3.63) is 24.7 Å². The van der Waals surface area contributed by atoms with Gasteiger partial charge in [0.1, 0.15) is 0 Å². The summed E-state index contributed by atoms with van der Waals surface area (Å²) >= 11 is 0. The molecule has 27 heavy (non-hydrogen) atoms. The van der Waals surface area contributed by atoms with Gasteiger partial charge in [0.2, 0.25) is 0 Å². The van der Waals surface area contributed by atoms with Crippen LogP contribution in [0.4, 0.5) is 0 Å². The van der Waals surface area contributed by atoms with Crippen LogP contribution in [0, 0.1) is 0 Å². The summed E-state index contributed by atoms with van der Waals surface area (Å²) in [6, 6.07) is 0. The Morgan fingerprint density at radius 2 is 1.15 bits per heavy atom. The highest BCUT2D eigenvalue weighted by atomic mass is 31.2. The maximum atomic E-state index is 11.1. The van der Waals surface area contributed by atoms with Crippen molar-refractivity contribution in [1.29, 1.82) is 0 Å². The zero-order chi connectivity index (χ0) is 21.5. The largest absolute Gasteiger partial charge is 0.498 e. The van der Waals surface area contributed by atoms with E-state index in [1.807, 2.05) is 0 Å². The molecule has 0 aliphatic heterocycles. The molecule has 0 aliphatic carbocycles. The van der Waals surface area contributed by atoms with Crippen molar-refractivity contribution in [1.82, 2.24) is 0 Å². The lowest BCUT2D eigenvalue weighted by atomic mass is 10.1. The Balaban J connectivity index is 4.09. The van der Waals surface area contributed by atoms with Crippen molar-refractivity contribution in [2.24, 2.45) is 11.0 Å². The molecule has 0 aromatic heterocycles. The molecular weight excluding hydrogens is 398 g/mol. The maximum Gasteiger partial charge on any atom is 0.400 e. The SMILES string of the molecule is C=C(CC(C)(C)OP(N)(=O)O)OCCCOC(=C)CC(C)(C)OP(N)(=O)O. The molecular formula is C15H32N2O8P2. The van der Waals surface area contributed by atoms with Gasteiger partial charge in [-0.3, -0.25) is 9.05 Å². The van der Waals surface area contributed by atoms with Crippen LogP contribution < -0.4 is 11.0 Å². The summed E-state index contributed by atoms with van der Waals surface area (Å²) in [5.74, 6) is 0.756. The fourth-order valence-electron chi connectivity index (χ4n) is 2.32. The Labute approximate surface area is 160 Å². The van der Waals surface area contributed by atoms with E-state index in [4.69, 9.17) is 39.3 Å². The van der Waals surface area contributed by atoms with Crippen LogP contribution in [0.15, 0.2) is 24.7 Å². The van der Waals surface area contributed by atoms with Crippen molar-refractivity contribution < 1.29 is 37.4 Å². The van der Waals surface area contributed by atoms with E-state index in [2.05, 4.69) is 13.2 Å². The fourth-order valence-corrected chi connectivity index (χ4v) is 3.86. The van der Waals surface area contributed by atoms with Crippen LogP contribution >= 0.6 is 15.5 Å². The van der Waals surface area contributed by atoms with E-state index in [9.17, 15) is 9.13 Å². The highest BCUT2D eigenvalue weighted by Crippen LogP contribution is 2.40. The molecule has 0 aromatic rings. The number of rotatable bonds is 14. The van der Waals surface area contributed by atoms with Gasteiger partial charge < -0.3 is 19.3 Å². The zero-order valence-electron chi connectivity index (χ0n) is 16.3. The molecule has 0 bridgehead atoms. The zero-order valence-corrected chi connectivity index (χ0v) is 18.1. The highest BCUT2D eigenvalue weighted by molar-refractivity contribution is 7.50. The van der Waals surface area contributed by atoms with E-state index < -0.39 is 26.7 Å². The second-order valence-corrected chi connectivity index (χ2v) is 9.93. The van der Waals surface area contributed by atoms with Crippen LogP contribution in [0.2, 0.25) is 0 Å². The minimum absolute atomic E-state index is 0.189. The Hall–Kier alpha value is -0.700. The van der Waals surface area contributed by atoms with Crippen LogP contribution in [0.1, 0.15) is 47.0 Å². The number of ether oxygens (including phenoxy) is 2. The molecule has 6 N–H and O–H groups in total. The van der Waals surface area contributed by atoms with Crippen LogP contribution in [0.5, 0.6) is 0 Å². The molecule has 0 spiro atoms.